The van der Waals surface area contributed by atoms with E-state index >= 15 is 0 Å². The molecule has 0 spiro atoms. The Kier molecular flexibility index (Phi) is 5.32. The first-order valence-electron chi connectivity index (χ1n) is 9.56. The summed E-state index contributed by atoms with van der Waals surface area (Å²) in [6.07, 6.45) is 5.59. The Bertz CT molecular complexity index is 949. The highest BCUT2D eigenvalue weighted by molar-refractivity contribution is 6.10. The number of ether oxygens (including phenoxy) is 1. The standard InChI is InChI=1S/C20H23N5O4/c1-13-7-14(8-17(13)26)23-19-15(9-21-12-22-19)18(27)16-3-6-25(24-16)5-2-4-20(28)10-29-11-20/h3,6,9,12-14,17,26,28H,5,7-8,10-11H2,1H3,(H,21,22,23)/t13-,14-,17+/m1/s1. The van der Waals surface area contributed by atoms with Gasteiger partial charge in [0.1, 0.15) is 24.4 Å². The molecule has 0 aromatic carbocycles. The van der Waals surface area contributed by atoms with Crippen molar-refractivity contribution in [2.24, 2.45) is 5.92 Å². The third kappa shape index (κ3) is 4.29. The molecule has 0 radical (unpaired) electrons. The van der Waals surface area contributed by atoms with Gasteiger partial charge >= 0.3 is 0 Å². The summed E-state index contributed by atoms with van der Waals surface area (Å²) in [5, 5.41) is 27.4. The lowest BCUT2D eigenvalue weighted by Gasteiger charge is -2.30. The molecule has 2 fully saturated rings. The number of nitrogens with zero attached hydrogens (tertiary/aromatic N) is 4. The van der Waals surface area contributed by atoms with Crippen LogP contribution in [-0.2, 0) is 11.3 Å². The molecule has 3 heterocycles. The summed E-state index contributed by atoms with van der Waals surface area (Å²) in [4.78, 5) is 21.1. The maximum Gasteiger partial charge on any atom is 0.218 e. The molecule has 1 aliphatic carbocycles. The van der Waals surface area contributed by atoms with Gasteiger partial charge < -0.3 is 20.3 Å². The Morgan fingerprint density at radius 1 is 1.45 bits per heavy atom. The predicted molar refractivity (Wildman–Crippen MR) is 103 cm³/mol. The summed E-state index contributed by atoms with van der Waals surface area (Å²) < 4.78 is 6.48. The van der Waals surface area contributed by atoms with Crippen LogP contribution in [0.2, 0.25) is 0 Å². The monoisotopic (exact) mass is 397 g/mol. The van der Waals surface area contributed by atoms with Crippen molar-refractivity contribution in [3.05, 3.63) is 36.0 Å². The van der Waals surface area contributed by atoms with E-state index in [2.05, 4.69) is 32.2 Å². The first-order valence-corrected chi connectivity index (χ1v) is 9.56. The highest BCUT2D eigenvalue weighted by atomic mass is 16.5. The second-order valence-corrected chi connectivity index (χ2v) is 7.70. The van der Waals surface area contributed by atoms with E-state index in [4.69, 9.17) is 4.74 Å². The Balaban J connectivity index is 1.45. The fourth-order valence-electron chi connectivity index (χ4n) is 3.51. The zero-order valence-electron chi connectivity index (χ0n) is 16.1. The van der Waals surface area contributed by atoms with E-state index in [9.17, 15) is 15.0 Å². The lowest BCUT2D eigenvalue weighted by Crippen LogP contribution is -2.48. The van der Waals surface area contributed by atoms with Gasteiger partial charge in [0.05, 0.1) is 24.9 Å². The van der Waals surface area contributed by atoms with Gasteiger partial charge in [-0.05, 0) is 24.8 Å². The van der Waals surface area contributed by atoms with Crippen LogP contribution in [0.1, 0.15) is 35.8 Å². The molecule has 0 bridgehead atoms. The lowest BCUT2D eigenvalue weighted by atomic mass is 10.0. The number of carbonyl (C=O) groups is 1. The third-order valence-electron chi connectivity index (χ3n) is 5.25. The van der Waals surface area contributed by atoms with Crippen LogP contribution in [0.25, 0.3) is 0 Å². The molecule has 0 unspecified atom stereocenters. The van der Waals surface area contributed by atoms with Gasteiger partial charge in [0.25, 0.3) is 0 Å². The minimum Gasteiger partial charge on any atom is -0.393 e. The number of carbonyl (C=O) groups excluding carboxylic acids is 1. The molecule has 2 aliphatic rings. The van der Waals surface area contributed by atoms with Gasteiger partial charge in [-0.1, -0.05) is 18.8 Å². The number of anilines is 1. The average Bonchev–Trinajstić information content (AvgIpc) is 3.27. The summed E-state index contributed by atoms with van der Waals surface area (Å²) >= 11 is 0. The second-order valence-electron chi connectivity index (χ2n) is 7.70. The van der Waals surface area contributed by atoms with Crippen molar-refractivity contribution in [2.75, 3.05) is 18.5 Å². The Morgan fingerprint density at radius 3 is 2.97 bits per heavy atom. The van der Waals surface area contributed by atoms with Crippen molar-refractivity contribution in [3.63, 3.8) is 0 Å². The third-order valence-corrected chi connectivity index (χ3v) is 5.25. The molecule has 9 nitrogen and oxygen atoms in total. The Hall–Kier alpha value is -2.80. The fourth-order valence-corrected chi connectivity index (χ4v) is 3.51. The maximum absolute atomic E-state index is 12.9. The minimum atomic E-state index is -1.07. The topological polar surface area (TPSA) is 122 Å². The zero-order chi connectivity index (χ0) is 20.4. The minimum absolute atomic E-state index is 0.0515. The summed E-state index contributed by atoms with van der Waals surface area (Å²) in [5.74, 6) is 5.96. The molecule has 2 aromatic heterocycles. The molecule has 3 N–H and O–H groups in total. The number of aromatic nitrogens is 4. The van der Waals surface area contributed by atoms with Gasteiger partial charge in [-0.15, -0.1) is 0 Å². The van der Waals surface area contributed by atoms with Gasteiger partial charge in [0.2, 0.25) is 5.78 Å². The van der Waals surface area contributed by atoms with Crippen LogP contribution in [0.4, 0.5) is 5.82 Å². The number of aliphatic hydroxyl groups is 2. The van der Waals surface area contributed by atoms with E-state index in [1.165, 1.54) is 17.2 Å². The molecule has 3 atom stereocenters. The van der Waals surface area contributed by atoms with Crippen LogP contribution in [0.15, 0.2) is 24.8 Å². The van der Waals surface area contributed by atoms with Crippen molar-refractivity contribution in [2.45, 2.75) is 44.1 Å². The van der Waals surface area contributed by atoms with Crippen LogP contribution < -0.4 is 5.32 Å². The molecule has 2 aromatic rings. The van der Waals surface area contributed by atoms with Gasteiger partial charge in [0, 0.05) is 18.4 Å². The first-order chi connectivity index (χ1) is 13.9. The molecule has 4 rings (SSSR count). The molecule has 1 saturated heterocycles. The highest BCUT2D eigenvalue weighted by Gasteiger charge is 2.34. The highest BCUT2D eigenvalue weighted by Crippen LogP contribution is 2.28. The molecule has 9 heteroatoms. The van der Waals surface area contributed by atoms with Gasteiger partial charge in [-0.25, -0.2) is 9.97 Å². The SMILES string of the molecule is C[C@@H]1C[C@@H](Nc2ncncc2C(=O)c2ccn(CC#CC3(O)COC3)n2)C[C@@H]1O. The molecule has 0 amide bonds. The number of hydrogen-bond donors (Lipinski definition) is 3. The fraction of sp³-hybridized carbons (Fsp3) is 0.500. The molecule has 1 saturated carbocycles. The summed E-state index contributed by atoms with van der Waals surface area (Å²) in [6.45, 7) is 2.68. The van der Waals surface area contributed by atoms with Crippen LogP contribution in [-0.4, -0.2) is 66.7 Å². The Labute approximate surface area is 168 Å². The number of hydrogen-bond acceptors (Lipinski definition) is 8. The van der Waals surface area contributed by atoms with E-state index in [-0.39, 0.29) is 49.3 Å². The van der Waals surface area contributed by atoms with Crippen molar-refractivity contribution in [3.8, 4) is 11.8 Å². The normalized spacial score (nSPS) is 25.0. The van der Waals surface area contributed by atoms with E-state index in [0.717, 1.165) is 6.42 Å². The van der Waals surface area contributed by atoms with E-state index in [1.54, 1.807) is 12.3 Å². The van der Waals surface area contributed by atoms with E-state index < -0.39 is 5.60 Å². The van der Waals surface area contributed by atoms with Crippen LogP contribution in [0, 0.1) is 17.8 Å². The first kappa shape index (κ1) is 19.5. The van der Waals surface area contributed by atoms with Crippen LogP contribution in [0.5, 0.6) is 0 Å². The molecular formula is C20H23N5O4. The van der Waals surface area contributed by atoms with Gasteiger partial charge in [0.15, 0.2) is 5.60 Å². The van der Waals surface area contributed by atoms with E-state index in [0.29, 0.717) is 17.8 Å². The second kappa shape index (κ2) is 7.91. The number of aliphatic hydroxyl groups excluding tert-OH is 1. The largest absolute Gasteiger partial charge is 0.393 e. The lowest BCUT2D eigenvalue weighted by molar-refractivity contribution is -0.140. The number of rotatable bonds is 5. The van der Waals surface area contributed by atoms with Crippen molar-refractivity contribution < 1.29 is 19.7 Å². The molecular weight excluding hydrogens is 374 g/mol. The predicted octanol–water partition coefficient (Wildman–Crippen LogP) is 0.240. The maximum atomic E-state index is 12.9. The molecule has 152 valence electrons. The molecule has 1 aliphatic heterocycles. The number of ketones is 1. The average molecular weight is 397 g/mol. The van der Waals surface area contributed by atoms with Crippen molar-refractivity contribution in [1.82, 2.24) is 19.7 Å². The van der Waals surface area contributed by atoms with Crippen LogP contribution in [0.3, 0.4) is 0 Å². The van der Waals surface area contributed by atoms with Crippen molar-refractivity contribution >= 4 is 11.6 Å². The molecule has 29 heavy (non-hydrogen) atoms. The quantitative estimate of drug-likeness (QED) is 0.484. The summed E-state index contributed by atoms with van der Waals surface area (Å²) in [5.41, 5.74) is -0.479. The van der Waals surface area contributed by atoms with Crippen LogP contribution >= 0.6 is 0 Å². The van der Waals surface area contributed by atoms with Crippen molar-refractivity contribution in [1.29, 1.82) is 0 Å². The summed E-state index contributed by atoms with van der Waals surface area (Å²) in [6, 6.07) is 1.67. The smallest absolute Gasteiger partial charge is 0.218 e. The zero-order valence-corrected chi connectivity index (χ0v) is 16.1. The number of nitrogens with one attached hydrogen (secondary N) is 1. The van der Waals surface area contributed by atoms with Gasteiger partial charge in [-0.2, -0.15) is 5.10 Å². The Morgan fingerprint density at radius 2 is 2.28 bits per heavy atom. The summed E-state index contributed by atoms with van der Waals surface area (Å²) in [7, 11) is 0. The van der Waals surface area contributed by atoms with Gasteiger partial charge in [-0.3, -0.25) is 9.48 Å². The van der Waals surface area contributed by atoms with E-state index in [1.807, 2.05) is 6.92 Å².